The highest BCUT2D eigenvalue weighted by Gasteiger charge is 2.33. The zero-order valence-electron chi connectivity index (χ0n) is 10.8. The van der Waals surface area contributed by atoms with E-state index >= 15 is 0 Å². The number of carbonyl (C=O) groups is 2. The van der Waals surface area contributed by atoms with Crippen LogP contribution in [0.3, 0.4) is 0 Å². The van der Waals surface area contributed by atoms with Crippen molar-refractivity contribution >= 4 is 12.0 Å². The van der Waals surface area contributed by atoms with Crippen LogP contribution in [0.4, 0.5) is 4.79 Å². The number of aliphatic hydroxyl groups excluding tert-OH is 1. The van der Waals surface area contributed by atoms with Crippen LogP contribution >= 0.6 is 0 Å². The minimum absolute atomic E-state index is 0.0735. The largest absolute Gasteiger partial charge is 0.480 e. The maximum Gasteiger partial charge on any atom is 0.328 e. The molecule has 0 aliphatic carbocycles. The van der Waals surface area contributed by atoms with Gasteiger partial charge in [0.05, 0.1) is 18.2 Å². The number of amides is 2. The molecular weight excluding hydrogens is 240 g/mol. The van der Waals surface area contributed by atoms with E-state index < -0.39 is 24.1 Å². The lowest BCUT2D eigenvalue weighted by atomic mass is 10.1. The molecule has 2 amide bonds. The van der Waals surface area contributed by atoms with Gasteiger partial charge in [0.25, 0.3) is 0 Å². The highest BCUT2D eigenvalue weighted by Crippen LogP contribution is 2.18. The molecule has 0 bridgehead atoms. The van der Waals surface area contributed by atoms with Crippen LogP contribution in [0.5, 0.6) is 0 Å². The molecular formula is C11H20N2O5. The Hall–Kier alpha value is -1.34. The monoisotopic (exact) mass is 260 g/mol. The van der Waals surface area contributed by atoms with Crippen LogP contribution < -0.4 is 5.32 Å². The van der Waals surface area contributed by atoms with Gasteiger partial charge in [-0.05, 0) is 20.3 Å². The Morgan fingerprint density at radius 2 is 2.11 bits per heavy atom. The van der Waals surface area contributed by atoms with Crippen LogP contribution in [0.25, 0.3) is 0 Å². The van der Waals surface area contributed by atoms with E-state index in [1.807, 2.05) is 6.92 Å². The van der Waals surface area contributed by atoms with Crippen molar-refractivity contribution in [3.05, 3.63) is 0 Å². The van der Waals surface area contributed by atoms with E-state index in [0.29, 0.717) is 6.61 Å². The number of hydrogen-bond acceptors (Lipinski definition) is 4. The SMILES string of the molecule is CC1OCCC1N(C)C(=O)N[C@H](C(=O)O)[C@@H](C)O. The second-order valence-electron chi connectivity index (χ2n) is 4.55. The number of carboxylic acids is 1. The van der Waals surface area contributed by atoms with E-state index in [2.05, 4.69) is 5.32 Å². The average molecular weight is 260 g/mol. The maximum atomic E-state index is 11.9. The van der Waals surface area contributed by atoms with Gasteiger partial charge in [-0.2, -0.15) is 0 Å². The normalized spacial score (nSPS) is 26.4. The predicted octanol–water partition coefficient (Wildman–Crippen LogP) is -0.361. The molecule has 3 N–H and O–H groups in total. The summed E-state index contributed by atoms with van der Waals surface area (Å²) in [5.74, 6) is -1.26. The van der Waals surface area contributed by atoms with Crippen molar-refractivity contribution in [2.24, 2.45) is 0 Å². The number of nitrogens with zero attached hydrogens (tertiary/aromatic N) is 1. The topological polar surface area (TPSA) is 99.1 Å². The van der Waals surface area contributed by atoms with Gasteiger partial charge in [-0.15, -0.1) is 0 Å². The second-order valence-corrected chi connectivity index (χ2v) is 4.55. The molecule has 1 rings (SSSR count). The molecule has 0 aromatic carbocycles. The number of carboxylic acid groups (broad SMARTS) is 1. The zero-order valence-corrected chi connectivity index (χ0v) is 10.8. The maximum absolute atomic E-state index is 11.9. The lowest BCUT2D eigenvalue weighted by molar-refractivity contribution is -0.141. The van der Waals surface area contributed by atoms with Gasteiger partial charge < -0.3 is 25.2 Å². The quantitative estimate of drug-likeness (QED) is 0.641. The third-order valence-corrected chi connectivity index (χ3v) is 3.18. The summed E-state index contributed by atoms with van der Waals surface area (Å²) in [6.07, 6.45) is -0.509. The number of aliphatic hydroxyl groups is 1. The van der Waals surface area contributed by atoms with Crippen LogP contribution in [0.15, 0.2) is 0 Å². The number of nitrogens with one attached hydrogen (secondary N) is 1. The molecule has 1 fully saturated rings. The molecule has 0 aromatic heterocycles. The summed E-state index contributed by atoms with van der Waals surface area (Å²) in [6.45, 7) is 3.77. The van der Waals surface area contributed by atoms with Gasteiger partial charge in [-0.3, -0.25) is 0 Å². The molecule has 7 heteroatoms. The Kier molecular flexibility index (Phi) is 4.92. The lowest BCUT2D eigenvalue weighted by Crippen LogP contribution is -2.54. The number of hydrogen-bond donors (Lipinski definition) is 3. The molecule has 0 radical (unpaired) electrons. The number of aliphatic carboxylic acids is 1. The molecule has 0 aromatic rings. The molecule has 7 nitrogen and oxygen atoms in total. The molecule has 1 aliphatic rings. The smallest absolute Gasteiger partial charge is 0.328 e. The Morgan fingerprint density at radius 1 is 1.50 bits per heavy atom. The number of carbonyl (C=O) groups excluding carboxylic acids is 1. The van der Waals surface area contributed by atoms with Crippen molar-refractivity contribution in [3.8, 4) is 0 Å². The van der Waals surface area contributed by atoms with Crippen LogP contribution in [0.2, 0.25) is 0 Å². The van der Waals surface area contributed by atoms with E-state index in [1.165, 1.54) is 11.8 Å². The summed E-state index contributed by atoms with van der Waals surface area (Å²) < 4.78 is 5.35. The number of rotatable bonds is 4. The molecule has 104 valence electrons. The van der Waals surface area contributed by atoms with Gasteiger partial charge in [0.1, 0.15) is 0 Å². The van der Waals surface area contributed by atoms with Gasteiger partial charge in [-0.25, -0.2) is 9.59 Å². The summed E-state index contributed by atoms with van der Waals surface area (Å²) in [4.78, 5) is 24.2. The van der Waals surface area contributed by atoms with Crippen molar-refractivity contribution in [2.45, 2.75) is 44.6 Å². The minimum Gasteiger partial charge on any atom is -0.480 e. The molecule has 1 aliphatic heterocycles. The standard InChI is InChI=1S/C11H20N2O5/c1-6(14)9(10(15)16)12-11(17)13(3)8-4-5-18-7(8)2/h6-9,14H,4-5H2,1-3H3,(H,12,17)(H,15,16)/t6-,7?,8?,9+/m1/s1. The Bertz CT molecular complexity index is 321. The molecule has 1 saturated heterocycles. The highest BCUT2D eigenvalue weighted by molar-refractivity contribution is 5.83. The Morgan fingerprint density at radius 3 is 2.50 bits per heavy atom. The minimum atomic E-state index is -1.31. The van der Waals surface area contributed by atoms with E-state index in [9.17, 15) is 14.7 Å². The van der Waals surface area contributed by atoms with Crippen LogP contribution in [0.1, 0.15) is 20.3 Å². The molecule has 0 spiro atoms. The van der Waals surface area contributed by atoms with E-state index in [4.69, 9.17) is 9.84 Å². The first-order valence-corrected chi connectivity index (χ1v) is 5.90. The van der Waals surface area contributed by atoms with E-state index in [-0.39, 0.29) is 12.1 Å². The first-order valence-electron chi connectivity index (χ1n) is 5.90. The molecule has 18 heavy (non-hydrogen) atoms. The highest BCUT2D eigenvalue weighted by atomic mass is 16.5. The summed E-state index contributed by atoms with van der Waals surface area (Å²) >= 11 is 0. The summed E-state index contributed by atoms with van der Waals surface area (Å²) in [5.41, 5.74) is 0. The number of ether oxygens (including phenoxy) is 1. The second kappa shape index (κ2) is 6.01. The number of urea groups is 1. The van der Waals surface area contributed by atoms with Crippen LogP contribution in [-0.2, 0) is 9.53 Å². The van der Waals surface area contributed by atoms with Gasteiger partial charge >= 0.3 is 12.0 Å². The zero-order chi connectivity index (χ0) is 13.9. The van der Waals surface area contributed by atoms with Crippen molar-refractivity contribution in [3.63, 3.8) is 0 Å². The average Bonchev–Trinajstić information content (AvgIpc) is 2.69. The predicted molar refractivity (Wildman–Crippen MR) is 63.2 cm³/mol. The van der Waals surface area contributed by atoms with Gasteiger partial charge in [0, 0.05) is 13.7 Å². The molecule has 2 unspecified atom stereocenters. The fraction of sp³-hybridized carbons (Fsp3) is 0.818. The van der Waals surface area contributed by atoms with Gasteiger partial charge in [0.15, 0.2) is 6.04 Å². The van der Waals surface area contributed by atoms with Crippen molar-refractivity contribution < 1.29 is 24.5 Å². The van der Waals surface area contributed by atoms with Gasteiger partial charge in [0.2, 0.25) is 0 Å². The summed E-state index contributed by atoms with van der Waals surface area (Å²) in [6, 6.07) is -1.91. The Balaban J connectivity index is 2.61. The number of likely N-dealkylation sites (N-methyl/N-ethyl adjacent to an activating group) is 1. The van der Waals surface area contributed by atoms with Crippen molar-refractivity contribution in [1.82, 2.24) is 10.2 Å². The fourth-order valence-corrected chi connectivity index (χ4v) is 2.00. The Labute approximate surface area is 106 Å². The lowest BCUT2D eigenvalue weighted by Gasteiger charge is -2.28. The van der Waals surface area contributed by atoms with E-state index in [1.54, 1.807) is 7.05 Å². The first kappa shape index (κ1) is 14.7. The van der Waals surface area contributed by atoms with Crippen LogP contribution in [-0.4, -0.2) is 65.1 Å². The third-order valence-electron chi connectivity index (χ3n) is 3.18. The van der Waals surface area contributed by atoms with Crippen molar-refractivity contribution in [1.29, 1.82) is 0 Å². The van der Waals surface area contributed by atoms with Gasteiger partial charge in [-0.1, -0.05) is 0 Å². The summed E-state index contributed by atoms with van der Waals surface area (Å²) in [5, 5.41) is 20.5. The molecule has 1 heterocycles. The molecule has 0 saturated carbocycles. The van der Waals surface area contributed by atoms with Crippen LogP contribution in [0, 0.1) is 0 Å². The third kappa shape index (κ3) is 3.33. The molecule has 4 atom stereocenters. The van der Waals surface area contributed by atoms with E-state index in [0.717, 1.165) is 6.42 Å². The first-order chi connectivity index (χ1) is 8.34. The fourth-order valence-electron chi connectivity index (χ4n) is 2.00. The van der Waals surface area contributed by atoms with Crippen molar-refractivity contribution in [2.75, 3.05) is 13.7 Å². The summed E-state index contributed by atoms with van der Waals surface area (Å²) in [7, 11) is 1.59.